The summed E-state index contributed by atoms with van der Waals surface area (Å²) in [6, 6.07) is 2.54. The molecule has 4 rings (SSSR count). The number of carbonyl (C=O) groups is 1. The third-order valence-electron chi connectivity index (χ3n) is 6.63. The van der Waals surface area contributed by atoms with Crippen molar-refractivity contribution in [2.24, 2.45) is 5.92 Å². The highest BCUT2D eigenvalue weighted by Gasteiger charge is 2.41. The Morgan fingerprint density at radius 2 is 1.79 bits per heavy atom. The van der Waals surface area contributed by atoms with Crippen LogP contribution in [0.2, 0.25) is 0 Å². The van der Waals surface area contributed by atoms with E-state index in [0.29, 0.717) is 30.6 Å². The molecule has 1 aromatic carbocycles. The molecule has 1 amide bonds. The molecule has 1 aliphatic carbocycles. The Balaban J connectivity index is 1.44. The number of hydrogen-bond donors (Lipinski definition) is 1. The number of rotatable bonds is 5. The molecule has 2 aliphatic rings. The molecule has 1 aliphatic heterocycles. The van der Waals surface area contributed by atoms with Crippen molar-refractivity contribution in [3.8, 4) is 0 Å². The van der Waals surface area contributed by atoms with Gasteiger partial charge in [0.15, 0.2) is 17.5 Å². The summed E-state index contributed by atoms with van der Waals surface area (Å²) >= 11 is 0. The van der Waals surface area contributed by atoms with Crippen LogP contribution in [0.3, 0.4) is 0 Å². The Hall–Kier alpha value is -2.40. The summed E-state index contributed by atoms with van der Waals surface area (Å²) in [7, 11) is -3.97. The van der Waals surface area contributed by atoms with Crippen LogP contribution in [0.15, 0.2) is 27.6 Å². The molecule has 0 atom stereocenters. The van der Waals surface area contributed by atoms with Gasteiger partial charge < -0.3 is 9.84 Å². The normalized spacial score (nSPS) is 20.3. The highest BCUT2D eigenvalue weighted by Crippen LogP contribution is 2.35. The quantitative estimate of drug-likeness (QED) is 0.655. The zero-order valence-corrected chi connectivity index (χ0v) is 19.3. The molecule has 1 aromatic heterocycles. The number of carbonyl (C=O) groups excluding carboxylic acids is 1. The Morgan fingerprint density at radius 1 is 1.12 bits per heavy atom. The summed E-state index contributed by atoms with van der Waals surface area (Å²) < 4.78 is 58.8. The molecule has 2 fully saturated rings. The van der Waals surface area contributed by atoms with Crippen LogP contribution in [0.1, 0.15) is 63.1 Å². The lowest BCUT2D eigenvalue weighted by Crippen LogP contribution is -2.50. The molecule has 180 valence electrons. The summed E-state index contributed by atoms with van der Waals surface area (Å²) in [4.78, 5) is 17.3. The van der Waals surface area contributed by atoms with Gasteiger partial charge >= 0.3 is 0 Å². The monoisotopic (exact) mass is 482 g/mol. The van der Waals surface area contributed by atoms with Gasteiger partial charge in [0.2, 0.25) is 21.8 Å². The summed E-state index contributed by atoms with van der Waals surface area (Å²) in [6.45, 7) is 1.95. The lowest BCUT2D eigenvalue weighted by atomic mass is 9.87. The standard InChI is InChI=1S/C22H28F2N4O4S/c1-15-25-21(27-32-15)22(10-4-2-3-5-11-22)26-20(29)16-8-12-28(13-9-16)33(30,31)17-6-7-18(23)19(24)14-17/h6-7,14,16H,2-5,8-13H2,1H3,(H,26,29). The second-order valence-electron chi connectivity index (χ2n) is 8.88. The first-order valence-electron chi connectivity index (χ1n) is 11.3. The van der Waals surface area contributed by atoms with E-state index in [1.807, 2.05) is 0 Å². The third-order valence-corrected chi connectivity index (χ3v) is 8.52. The number of aromatic nitrogens is 2. The molecule has 11 heteroatoms. The average molecular weight is 483 g/mol. The zero-order valence-electron chi connectivity index (χ0n) is 18.5. The number of hydrogen-bond acceptors (Lipinski definition) is 6. The van der Waals surface area contributed by atoms with Crippen LogP contribution in [-0.2, 0) is 20.4 Å². The minimum absolute atomic E-state index is 0.119. The van der Waals surface area contributed by atoms with Gasteiger partial charge in [0.1, 0.15) is 5.54 Å². The number of aryl methyl sites for hydroxylation is 1. The van der Waals surface area contributed by atoms with E-state index in [4.69, 9.17) is 4.52 Å². The SMILES string of the molecule is Cc1nc(C2(NC(=O)C3CCN(S(=O)(=O)c4ccc(F)c(F)c4)CC3)CCCCCC2)no1. The number of amides is 1. The predicted octanol–water partition coefficient (Wildman–Crippen LogP) is 3.42. The molecule has 0 unspecified atom stereocenters. The third kappa shape index (κ3) is 4.93. The number of sulfonamides is 1. The minimum Gasteiger partial charge on any atom is -0.343 e. The lowest BCUT2D eigenvalue weighted by molar-refractivity contribution is -0.128. The molecule has 2 heterocycles. The average Bonchev–Trinajstić information content (AvgIpc) is 3.10. The smallest absolute Gasteiger partial charge is 0.243 e. The predicted molar refractivity (Wildman–Crippen MR) is 114 cm³/mol. The van der Waals surface area contributed by atoms with Crippen molar-refractivity contribution < 1.29 is 26.5 Å². The second kappa shape index (κ2) is 9.46. The number of nitrogens with zero attached hydrogens (tertiary/aromatic N) is 3. The zero-order chi connectivity index (χ0) is 23.6. The number of halogens is 2. The Morgan fingerprint density at radius 3 is 2.36 bits per heavy atom. The molecule has 2 aromatic rings. The number of benzene rings is 1. The van der Waals surface area contributed by atoms with Gasteiger partial charge in [0.05, 0.1) is 4.90 Å². The summed E-state index contributed by atoms with van der Waals surface area (Å²) in [6.07, 6.45) is 6.15. The number of piperidine rings is 1. The van der Waals surface area contributed by atoms with Gasteiger partial charge in [-0.05, 0) is 43.9 Å². The van der Waals surface area contributed by atoms with E-state index in [2.05, 4.69) is 15.5 Å². The molecular formula is C22H28F2N4O4S. The van der Waals surface area contributed by atoms with Crippen LogP contribution in [0.5, 0.6) is 0 Å². The van der Waals surface area contributed by atoms with Crippen LogP contribution >= 0.6 is 0 Å². The molecule has 0 bridgehead atoms. The maximum Gasteiger partial charge on any atom is 0.243 e. The van der Waals surface area contributed by atoms with E-state index < -0.39 is 27.2 Å². The molecular weight excluding hydrogens is 454 g/mol. The number of nitrogens with one attached hydrogen (secondary N) is 1. The van der Waals surface area contributed by atoms with Crippen molar-refractivity contribution in [2.45, 2.75) is 68.7 Å². The maximum atomic E-state index is 13.5. The lowest BCUT2D eigenvalue weighted by Gasteiger charge is -2.35. The van der Waals surface area contributed by atoms with E-state index in [-0.39, 0.29) is 29.8 Å². The minimum atomic E-state index is -3.97. The summed E-state index contributed by atoms with van der Waals surface area (Å²) in [5.41, 5.74) is -0.680. The Bertz CT molecular complexity index is 1110. The van der Waals surface area contributed by atoms with E-state index >= 15 is 0 Å². The molecule has 0 radical (unpaired) electrons. The van der Waals surface area contributed by atoms with Crippen molar-refractivity contribution in [2.75, 3.05) is 13.1 Å². The molecule has 1 saturated heterocycles. The van der Waals surface area contributed by atoms with Crippen molar-refractivity contribution in [1.29, 1.82) is 0 Å². The van der Waals surface area contributed by atoms with Gasteiger partial charge in [-0.25, -0.2) is 17.2 Å². The largest absolute Gasteiger partial charge is 0.343 e. The summed E-state index contributed by atoms with van der Waals surface area (Å²) in [5.74, 6) is -1.89. The summed E-state index contributed by atoms with van der Waals surface area (Å²) in [5, 5.41) is 7.28. The van der Waals surface area contributed by atoms with Crippen LogP contribution < -0.4 is 5.32 Å². The topological polar surface area (TPSA) is 105 Å². The van der Waals surface area contributed by atoms with Crippen molar-refractivity contribution in [1.82, 2.24) is 19.8 Å². The van der Waals surface area contributed by atoms with Gasteiger partial charge in [0.25, 0.3) is 0 Å². The Kier molecular flexibility index (Phi) is 6.81. The van der Waals surface area contributed by atoms with Crippen LogP contribution in [-0.4, -0.2) is 41.9 Å². The first-order chi connectivity index (χ1) is 15.7. The van der Waals surface area contributed by atoms with Gasteiger partial charge in [-0.3, -0.25) is 4.79 Å². The highest BCUT2D eigenvalue weighted by atomic mass is 32.2. The first-order valence-corrected chi connectivity index (χ1v) is 12.7. The molecule has 1 N–H and O–H groups in total. The van der Waals surface area contributed by atoms with Gasteiger partial charge in [-0.1, -0.05) is 30.8 Å². The molecule has 8 nitrogen and oxygen atoms in total. The fraction of sp³-hybridized carbons (Fsp3) is 0.591. The van der Waals surface area contributed by atoms with Crippen molar-refractivity contribution in [3.05, 3.63) is 41.5 Å². The van der Waals surface area contributed by atoms with Crippen LogP contribution in [0.4, 0.5) is 8.78 Å². The van der Waals surface area contributed by atoms with Crippen molar-refractivity contribution >= 4 is 15.9 Å². The van der Waals surface area contributed by atoms with E-state index in [0.717, 1.165) is 50.7 Å². The second-order valence-corrected chi connectivity index (χ2v) is 10.8. The molecule has 33 heavy (non-hydrogen) atoms. The fourth-order valence-electron chi connectivity index (χ4n) is 4.71. The highest BCUT2D eigenvalue weighted by molar-refractivity contribution is 7.89. The van der Waals surface area contributed by atoms with Gasteiger partial charge in [-0.15, -0.1) is 0 Å². The molecule has 1 saturated carbocycles. The fourth-order valence-corrected chi connectivity index (χ4v) is 6.19. The van der Waals surface area contributed by atoms with Gasteiger partial charge in [-0.2, -0.15) is 9.29 Å². The van der Waals surface area contributed by atoms with E-state index in [1.54, 1.807) is 6.92 Å². The Labute approximate surface area is 191 Å². The van der Waals surface area contributed by atoms with E-state index in [9.17, 15) is 22.0 Å². The van der Waals surface area contributed by atoms with Crippen LogP contribution in [0, 0.1) is 24.5 Å². The van der Waals surface area contributed by atoms with E-state index in [1.165, 1.54) is 4.31 Å². The van der Waals surface area contributed by atoms with Crippen molar-refractivity contribution in [3.63, 3.8) is 0 Å². The van der Waals surface area contributed by atoms with Gasteiger partial charge in [0, 0.05) is 25.9 Å². The molecule has 0 spiro atoms. The maximum absolute atomic E-state index is 13.5. The van der Waals surface area contributed by atoms with Crippen LogP contribution in [0.25, 0.3) is 0 Å². The first kappa shape index (κ1) is 23.7.